The summed E-state index contributed by atoms with van der Waals surface area (Å²) in [6.07, 6.45) is 6.31. The van der Waals surface area contributed by atoms with Crippen LogP contribution in [0.2, 0.25) is 5.02 Å². The summed E-state index contributed by atoms with van der Waals surface area (Å²) in [7, 11) is 0. The summed E-state index contributed by atoms with van der Waals surface area (Å²) >= 11 is 13.3. The number of alkyl halides is 1. The molecule has 1 aromatic rings. The molecule has 1 amide bonds. The molecule has 5 nitrogen and oxygen atoms in total. The third-order valence-corrected chi connectivity index (χ3v) is 9.16. The Morgan fingerprint density at radius 1 is 1.37 bits per heavy atom. The maximum Gasteiger partial charge on any atom is 0.238 e. The van der Waals surface area contributed by atoms with Crippen molar-refractivity contribution in [1.82, 2.24) is 10.6 Å². The van der Waals surface area contributed by atoms with Crippen LogP contribution in [0.25, 0.3) is 0 Å². The number of amides is 1. The number of aliphatic hydroxyl groups is 1. The van der Waals surface area contributed by atoms with E-state index >= 15 is 0 Å². The summed E-state index contributed by atoms with van der Waals surface area (Å²) in [5.41, 5.74) is -0.619. The molecule has 1 saturated heterocycles. The van der Waals surface area contributed by atoms with Gasteiger partial charge >= 0.3 is 0 Å². The van der Waals surface area contributed by atoms with Crippen molar-refractivity contribution >= 4 is 46.0 Å². The number of carbonyl (C=O) groups excluding carboxylic acids is 2. The summed E-state index contributed by atoms with van der Waals surface area (Å²) in [4.78, 5) is 28.7. The van der Waals surface area contributed by atoms with E-state index in [0.29, 0.717) is 29.9 Å². The first-order chi connectivity index (χ1) is 17.7. The number of nitrogens with one attached hydrogen (secondary N) is 2. The highest BCUT2D eigenvalue weighted by Gasteiger charge is 2.65. The molecule has 1 aromatic carbocycles. The summed E-state index contributed by atoms with van der Waals surface area (Å²) in [5.74, 6) is -0.856. The number of rotatable bonds is 7. The van der Waals surface area contributed by atoms with Gasteiger partial charge in [-0.1, -0.05) is 80.5 Å². The summed E-state index contributed by atoms with van der Waals surface area (Å²) < 4.78 is 12.9. The van der Waals surface area contributed by atoms with E-state index in [9.17, 15) is 19.1 Å². The largest absolute Gasteiger partial charge is 0.390 e. The molecule has 0 aromatic heterocycles. The minimum Gasteiger partial charge on any atom is -0.390 e. The molecule has 38 heavy (non-hydrogen) atoms. The lowest BCUT2D eigenvalue weighted by Crippen LogP contribution is -2.57. The second-order valence-corrected chi connectivity index (χ2v) is 14.1. The minimum absolute atomic E-state index is 0.0396. The Bertz CT molecular complexity index is 1200. The van der Waals surface area contributed by atoms with Crippen LogP contribution in [-0.4, -0.2) is 46.5 Å². The number of carbonyl (C=O) groups is 2. The van der Waals surface area contributed by atoms with Crippen LogP contribution in [0.15, 0.2) is 58.5 Å². The van der Waals surface area contributed by atoms with Crippen molar-refractivity contribution in [3.63, 3.8) is 0 Å². The Morgan fingerprint density at radius 3 is 2.66 bits per heavy atom. The van der Waals surface area contributed by atoms with Gasteiger partial charge < -0.3 is 15.7 Å². The number of halogens is 3. The van der Waals surface area contributed by atoms with Gasteiger partial charge in [-0.2, -0.15) is 0 Å². The quantitative estimate of drug-likeness (QED) is 0.353. The number of benzene rings is 1. The molecule has 2 heterocycles. The van der Waals surface area contributed by atoms with Crippen LogP contribution in [0.3, 0.4) is 0 Å². The molecule has 206 valence electrons. The van der Waals surface area contributed by atoms with Crippen LogP contribution in [0.5, 0.6) is 0 Å². The molecule has 2 fully saturated rings. The first-order valence-corrected chi connectivity index (χ1v) is 14.3. The third-order valence-electron chi connectivity index (χ3n) is 7.62. The van der Waals surface area contributed by atoms with Gasteiger partial charge in [0.2, 0.25) is 11.0 Å². The number of allylic oxidation sites excluding steroid dienone is 4. The third kappa shape index (κ3) is 5.64. The average Bonchev–Trinajstić information content (AvgIpc) is 3.26. The lowest BCUT2D eigenvalue weighted by atomic mass is 9.62. The van der Waals surface area contributed by atoms with Crippen molar-refractivity contribution < 1.29 is 19.1 Å². The molecule has 0 unspecified atom stereocenters. The zero-order valence-electron chi connectivity index (χ0n) is 22.1. The molecule has 4 rings (SSSR count). The van der Waals surface area contributed by atoms with Gasteiger partial charge in [0.1, 0.15) is 6.67 Å². The Balaban J connectivity index is 1.82. The first kappa shape index (κ1) is 29.3. The van der Waals surface area contributed by atoms with Crippen LogP contribution >= 0.6 is 35.0 Å². The lowest BCUT2D eigenvalue weighted by molar-refractivity contribution is -0.127. The van der Waals surface area contributed by atoms with Gasteiger partial charge in [-0.3, -0.25) is 9.59 Å². The highest BCUT2D eigenvalue weighted by molar-refractivity contribution is 8.14. The predicted molar refractivity (Wildman–Crippen MR) is 152 cm³/mol. The normalized spacial score (nSPS) is 33.1. The molecular formula is C29H35Cl2FN2O3S. The fourth-order valence-electron chi connectivity index (χ4n) is 6.15. The summed E-state index contributed by atoms with van der Waals surface area (Å²) in [6.45, 7) is 11.6. The number of hydrogen-bond acceptors (Lipinski definition) is 5. The molecular weight excluding hydrogens is 546 g/mol. The second-order valence-electron chi connectivity index (χ2n) is 12.1. The molecule has 1 spiro atoms. The van der Waals surface area contributed by atoms with E-state index in [1.165, 1.54) is 6.08 Å². The van der Waals surface area contributed by atoms with E-state index in [1.807, 2.05) is 6.07 Å². The van der Waals surface area contributed by atoms with Gasteiger partial charge in [-0.15, -0.1) is 0 Å². The average molecular weight is 582 g/mol. The lowest BCUT2D eigenvalue weighted by Gasteiger charge is -2.42. The highest BCUT2D eigenvalue weighted by atomic mass is 35.5. The Labute approximate surface area is 238 Å². The van der Waals surface area contributed by atoms with Crippen molar-refractivity contribution in [2.75, 3.05) is 6.67 Å². The highest BCUT2D eigenvalue weighted by Crippen LogP contribution is 2.58. The number of fused-ring (bicyclic) bond motifs is 2. The van der Waals surface area contributed by atoms with Gasteiger partial charge in [0.05, 0.1) is 17.1 Å². The van der Waals surface area contributed by atoms with Crippen molar-refractivity contribution in [3.05, 3.63) is 64.2 Å². The maximum atomic E-state index is 14.1. The maximum absolute atomic E-state index is 14.1. The number of hydrogen-bond donors (Lipinski definition) is 3. The molecule has 1 saturated carbocycles. The van der Waals surface area contributed by atoms with Crippen molar-refractivity contribution in [3.8, 4) is 0 Å². The van der Waals surface area contributed by atoms with Crippen molar-refractivity contribution in [1.29, 1.82) is 0 Å². The smallest absolute Gasteiger partial charge is 0.238 e. The second kappa shape index (κ2) is 10.7. The topological polar surface area (TPSA) is 78.4 Å². The van der Waals surface area contributed by atoms with E-state index in [1.54, 1.807) is 31.2 Å². The predicted octanol–water partition coefficient (Wildman–Crippen LogP) is 5.84. The molecule has 3 N–H and O–H groups in total. The molecule has 0 radical (unpaired) electrons. The fraction of sp³-hybridized carbons (Fsp3) is 0.517. The van der Waals surface area contributed by atoms with E-state index in [4.69, 9.17) is 23.2 Å². The summed E-state index contributed by atoms with van der Waals surface area (Å²) in [5, 5.41) is 17.3. The zero-order valence-corrected chi connectivity index (χ0v) is 24.4. The SMILES string of the molecule is C=C(/C=C\C=C(\Cl)CF)[C@H]1[C@H](C(=O)NC2CC(C)(O)C2)N[C@H](CC(C)(C)C)[C@]12C(=O)Sc1cc(Cl)ccc12. The Hall–Kier alpha value is -1.64. The molecule has 1 aliphatic carbocycles. The van der Waals surface area contributed by atoms with Crippen LogP contribution in [0, 0.1) is 11.3 Å². The standard InChI is InChI=1S/C29H35Cl2FN2O3S/c1-16(7-6-8-18(31)15-32)23-24(25(35)33-19-12-28(5,37)13-19)34-22(14-27(2,3)4)29(23)20-10-9-17(30)11-21(20)38-26(29)36/h6-11,19,22-24,34,37H,1,12-15H2,2-5H3,(H,33,35)/b7-6-,18-8+/t19?,22-,23+,24-,28?,29+/m1/s1. The van der Waals surface area contributed by atoms with E-state index in [-0.39, 0.29) is 33.6 Å². The van der Waals surface area contributed by atoms with Gasteiger partial charge in [-0.05, 0) is 60.9 Å². The Kier molecular flexibility index (Phi) is 8.29. The van der Waals surface area contributed by atoms with Gasteiger partial charge in [0, 0.05) is 33.0 Å². The van der Waals surface area contributed by atoms with Gasteiger partial charge in [0.15, 0.2) is 0 Å². The van der Waals surface area contributed by atoms with Crippen LogP contribution in [-0.2, 0) is 15.0 Å². The van der Waals surface area contributed by atoms with Gasteiger partial charge in [0.25, 0.3) is 0 Å². The zero-order chi connectivity index (χ0) is 28.0. The van der Waals surface area contributed by atoms with E-state index in [0.717, 1.165) is 22.2 Å². The minimum atomic E-state index is -1.07. The molecule has 0 bridgehead atoms. The van der Waals surface area contributed by atoms with Gasteiger partial charge in [-0.25, -0.2) is 4.39 Å². The molecule has 2 aliphatic heterocycles. The summed E-state index contributed by atoms with van der Waals surface area (Å²) in [6, 6.07) is 4.21. The molecule has 9 heteroatoms. The molecule has 3 aliphatic rings. The van der Waals surface area contributed by atoms with Crippen LogP contribution in [0.4, 0.5) is 4.39 Å². The fourth-order valence-corrected chi connectivity index (χ4v) is 7.74. The van der Waals surface area contributed by atoms with E-state index in [2.05, 4.69) is 38.0 Å². The van der Waals surface area contributed by atoms with Crippen LogP contribution in [0.1, 0.15) is 52.5 Å². The first-order valence-electron chi connectivity index (χ1n) is 12.8. The monoisotopic (exact) mass is 580 g/mol. The van der Waals surface area contributed by atoms with Crippen molar-refractivity contribution in [2.45, 2.75) is 81.0 Å². The molecule has 4 atom stereocenters. The number of thioether (sulfide) groups is 1. The van der Waals surface area contributed by atoms with E-state index < -0.39 is 29.7 Å². The van der Waals surface area contributed by atoms with Crippen LogP contribution < -0.4 is 10.6 Å². The van der Waals surface area contributed by atoms with Crippen molar-refractivity contribution in [2.24, 2.45) is 11.3 Å². The Morgan fingerprint density at radius 2 is 2.05 bits per heavy atom.